The summed E-state index contributed by atoms with van der Waals surface area (Å²) in [5.74, 6) is 0.747. The van der Waals surface area contributed by atoms with Crippen molar-refractivity contribution in [2.24, 2.45) is 0 Å². The molecule has 29 heavy (non-hydrogen) atoms. The normalized spacial score (nSPS) is 11.0. The maximum Gasteiger partial charge on any atom is 0.240 e. The van der Waals surface area contributed by atoms with Crippen molar-refractivity contribution in [1.29, 1.82) is 0 Å². The molecule has 0 saturated heterocycles. The van der Waals surface area contributed by atoms with Gasteiger partial charge >= 0.3 is 0 Å². The molecule has 1 N–H and O–H groups in total. The average Bonchev–Trinajstić information content (AvgIpc) is 3.35. The number of hydrogen-bond donors (Lipinski definition) is 1. The first kappa shape index (κ1) is 19.6. The van der Waals surface area contributed by atoms with Crippen molar-refractivity contribution in [3.63, 3.8) is 0 Å². The molecule has 0 bridgehead atoms. The molecule has 0 aliphatic rings. The Morgan fingerprint density at radius 2 is 2.00 bits per heavy atom. The zero-order chi connectivity index (χ0) is 20.2. The van der Waals surface area contributed by atoms with Gasteiger partial charge in [0.2, 0.25) is 5.91 Å². The highest BCUT2D eigenvalue weighted by Gasteiger charge is 2.15. The van der Waals surface area contributed by atoms with Crippen LogP contribution < -0.4 is 10.1 Å². The molecule has 0 saturated carbocycles. The van der Waals surface area contributed by atoms with Crippen molar-refractivity contribution in [2.45, 2.75) is 20.0 Å². The van der Waals surface area contributed by atoms with Gasteiger partial charge in [-0.2, -0.15) is 0 Å². The lowest BCUT2D eigenvalue weighted by Crippen LogP contribution is -2.27. The number of halogens is 1. The smallest absolute Gasteiger partial charge is 0.240 e. The Balaban J connectivity index is 1.57. The summed E-state index contributed by atoms with van der Waals surface area (Å²) in [7, 11) is 0. The first-order chi connectivity index (χ1) is 14.2. The molecule has 4 nitrogen and oxygen atoms in total. The summed E-state index contributed by atoms with van der Waals surface area (Å²) in [4.78, 5) is 13.9. The zero-order valence-corrected chi connectivity index (χ0v) is 17.6. The minimum Gasteiger partial charge on any atom is -0.494 e. The number of benzene rings is 2. The molecular weight excluding hydrogens is 404 g/mol. The third kappa shape index (κ3) is 4.31. The summed E-state index contributed by atoms with van der Waals surface area (Å²) < 4.78 is 7.69. The third-order valence-corrected chi connectivity index (χ3v) is 5.81. The van der Waals surface area contributed by atoms with Gasteiger partial charge in [-0.1, -0.05) is 35.9 Å². The van der Waals surface area contributed by atoms with Crippen LogP contribution in [0.1, 0.15) is 12.5 Å². The fourth-order valence-electron chi connectivity index (χ4n) is 3.38. The molecular formula is C23H21ClN2O2S. The van der Waals surface area contributed by atoms with Gasteiger partial charge in [0.25, 0.3) is 0 Å². The average molecular weight is 425 g/mol. The van der Waals surface area contributed by atoms with Crippen LogP contribution in [0.2, 0.25) is 5.02 Å². The number of rotatable bonds is 7. The van der Waals surface area contributed by atoms with Crippen molar-refractivity contribution in [2.75, 3.05) is 6.61 Å². The van der Waals surface area contributed by atoms with E-state index in [9.17, 15) is 4.79 Å². The van der Waals surface area contributed by atoms with Crippen molar-refractivity contribution in [3.05, 3.63) is 76.6 Å². The molecule has 1 amide bonds. The molecule has 0 aliphatic carbocycles. The molecule has 0 fully saturated rings. The Kier molecular flexibility index (Phi) is 5.88. The van der Waals surface area contributed by atoms with E-state index >= 15 is 0 Å². The van der Waals surface area contributed by atoms with Gasteiger partial charge in [0.1, 0.15) is 12.3 Å². The van der Waals surface area contributed by atoms with Crippen molar-refractivity contribution < 1.29 is 9.53 Å². The number of para-hydroxylation sites is 1. The van der Waals surface area contributed by atoms with Crippen molar-refractivity contribution in [1.82, 2.24) is 9.88 Å². The van der Waals surface area contributed by atoms with Gasteiger partial charge < -0.3 is 14.6 Å². The summed E-state index contributed by atoms with van der Waals surface area (Å²) in [5.41, 5.74) is 2.97. The van der Waals surface area contributed by atoms with Crippen LogP contribution in [-0.2, 0) is 17.9 Å². The van der Waals surface area contributed by atoms with Gasteiger partial charge in [-0.25, -0.2) is 0 Å². The number of ether oxygens (including phenoxy) is 1. The summed E-state index contributed by atoms with van der Waals surface area (Å²) in [6, 6.07) is 19.7. The second kappa shape index (κ2) is 8.72. The number of carbonyl (C=O) groups is 1. The first-order valence-corrected chi connectivity index (χ1v) is 10.7. The topological polar surface area (TPSA) is 43.3 Å². The van der Waals surface area contributed by atoms with Crippen LogP contribution >= 0.6 is 22.9 Å². The lowest BCUT2D eigenvalue weighted by Gasteiger charge is -2.13. The van der Waals surface area contributed by atoms with Crippen LogP contribution in [0, 0.1) is 0 Å². The van der Waals surface area contributed by atoms with Crippen LogP contribution in [-0.4, -0.2) is 17.1 Å². The first-order valence-electron chi connectivity index (χ1n) is 9.46. The fourth-order valence-corrected chi connectivity index (χ4v) is 4.31. The number of thiophene rings is 1. The van der Waals surface area contributed by atoms with Crippen LogP contribution in [0.25, 0.3) is 21.5 Å². The van der Waals surface area contributed by atoms with Gasteiger partial charge in [-0.05, 0) is 48.7 Å². The Bertz CT molecular complexity index is 1140. The molecule has 0 aliphatic heterocycles. The number of amides is 1. The van der Waals surface area contributed by atoms with Crippen molar-refractivity contribution in [3.8, 4) is 16.3 Å². The van der Waals surface area contributed by atoms with Gasteiger partial charge in [0, 0.05) is 28.0 Å². The highest BCUT2D eigenvalue weighted by atomic mass is 35.5. The second-order valence-corrected chi connectivity index (χ2v) is 8.00. The Hall–Kier alpha value is -2.76. The number of fused-ring (bicyclic) bond motifs is 1. The predicted octanol–water partition coefficient (Wildman–Crippen LogP) is 5.74. The Labute approximate surface area is 178 Å². The standard InChI is InChI=1S/C23H21ClN2O2S/c1-2-28-21-7-4-3-6-16(21)14-25-23(27)15-26-19-10-9-18(24)12-17(19)13-20(26)22-8-5-11-29-22/h3-13H,2,14-15H2,1H3,(H,25,27). The maximum atomic E-state index is 12.8. The molecule has 148 valence electrons. The van der Waals surface area contributed by atoms with Crippen LogP contribution in [0.4, 0.5) is 0 Å². The van der Waals surface area contributed by atoms with Gasteiger partial charge in [0.15, 0.2) is 0 Å². The van der Waals surface area contributed by atoms with E-state index in [-0.39, 0.29) is 12.5 Å². The molecule has 2 heterocycles. The Morgan fingerprint density at radius 3 is 2.79 bits per heavy atom. The minimum atomic E-state index is -0.0541. The number of aromatic nitrogens is 1. The number of hydrogen-bond acceptors (Lipinski definition) is 3. The minimum absolute atomic E-state index is 0.0541. The molecule has 0 spiro atoms. The molecule has 0 unspecified atom stereocenters. The number of nitrogens with zero attached hydrogens (tertiary/aromatic N) is 1. The monoisotopic (exact) mass is 424 g/mol. The lowest BCUT2D eigenvalue weighted by atomic mass is 10.2. The van der Waals surface area contributed by atoms with Crippen LogP contribution in [0.5, 0.6) is 5.75 Å². The highest BCUT2D eigenvalue weighted by Crippen LogP contribution is 2.32. The number of carbonyl (C=O) groups excluding carboxylic acids is 1. The molecule has 4 rings (SSSR count). The van der Waals surface area contributed by atoms with Gasteiger partial charge in [-0.15, -0.1) is 11.3 Å². The van der Waals surface area contributed by atoms with Crippen LogP contribution in [0.3, 0.4) is 0 Å². The quantitative estimate of drug-likeness (QED) is 0.411. The van der Waals surface area contributed by atoms with E-state index in [2.05, 4.69) is 17.4 Å². The van der Waals surface area contributed by atoms with E-state index in [0.717, 1.165) is 32.8 Å². The SMILES string of the molecule is CCOc1ccccc1CNC(=O)Cn1c(-c2cccs2)cc2cc(Cl)ccc21. The van der Waals surface area contributed by atoms with E-state index in [1.165, 1.54) is 0 Å². The molecule has 6 heteroatoms. The van der Waals surface area contributed by atoms with E-state index in [1.807, 2.05) is 65.4 Å². The van der Waals surface area contributed by atoms with Gasteiger partial charge in [-0.3, -0.25) is 4.79 Å². The maximum absolute atomic E-state index is 12.8. The van der Waals surface area contributed by atoms with E-state index < -0.39 is 0 Å². The summed E-state index contributed by atoms with van der Waals surface area (Å²) in [5, 5.41) is 6.77. The summed E-state index contributed by atoms with van der Waals surface area (Å²) >= 11 is 7.82. The molecule has 0 radical (unpaired) electrons. The molecule has 4 aromatic rings. The van der Waals surface area contributed by atoms with Crippen LogP contribution in [0.15, 0.2) is 66.0 Å². The second-order valence-electron chi connectivity index (χ2n) is 6.61. The molecule has 2 aromatic carbocycles. The van der Waals surface area contributed by atoms with Crippen molar-refractivity contribution >= 4 is 39.7 Å². The summed E-state index contributed by atoms with van der Waals surface area (Å²) in [6.07, 6.45) is 0. The molecule has 0 atom stereocenters. The highest BCUT2D eigenvalue weighted by molar-refractivity contribution is 7.13. The Morgan fingerprint density at radius 1 is 1.14 bits per heavy atom. The number of nitrogens with one attached hydrogen (secondary N) is 1. The van der Waals surface area contributed by atoms with E-state index in [4.69, 9.17) is 16.3 Å². The molecule has 2 aromatic heterocycles. The van der Waals surface area contributed by atoms with E-state index in [0.29, 0.717) is 18.2 Å². The largest absolute Gasteiger partial charge is 0.494 e. The zero-order valence-electron chi connectivity index (χ0n) is 16.0. The van der Waals surface area contributed by atoms with E-state index in [1.54, 1.807) is 11.3 Å². The fraction of sp³-hybridized carbons (Fsp3) is 0.174. The van der Waals surface area contributed by atoms with Gasteiger partial charge in [0.05, 0.1) is 17.2 Å². The lowest BCUT2D eigenvalue weighted by molar-refractivity contribution is -0.121. The summed E-state index contributed by atoms with van der Waals surface area (Å²) in [6.45, 7) is 3.20. The third-order valence-electron chi connectivity index (χ3n) is 4.69. The predicted molar refractivity (Wildman–Crippen MR) is 120 cm³/mol.